The number of oxime groups is 1. The largest absolute Gasteiger partial charge is 0.506 e. The van der Waals surface area contributed by atoms with Gasteiger partial charge >= 0.3 is 0 Å². The van der Waals surface area contributed by atoms with Crippen LogP contribution in [0.25, 0.3) is 0 Å². The molecule has 14 heavy (non-hydrogen) atoms. The predicted molar refractivity (Wildman–Crippen MR) is 59.1 cm³/mol. The summed E-state index contributed by atoms with van der Waals surface area (Å²) in [6.45, 7) is 4.52. The van der Waals surface area contributed by atoms with E-state index in [2.05, 4.69) is 12.1 Å². The molecule has 0 radical (unpaired) electrons. The molecule has 0 saturated carbocycles. The minimum Gasteiger partial charge on any atom is -0.506 e. The van der Waals surface area contributed by atoms with Crippen LogP contribution in [0, 0.1) is 0 Å². The van der Waals surface area contributed by atoms with Crippen LogP contribution in [0.5, 0.6) is 5.75 Å². The number of rotatable bonds is 5. The van der Waals surface area contributed by atoms with Gasteiger partial charge in [-0.3, -0.25) is 0 Å². The highest BCUT2D eigenvalue weighted by Gasteiger charge is 2.10. The minimum atomic E-state index is 0.293. The van der Waals surface area contributed by atoms with Gasteiger partial charge in [0.05, 0.1) is 4.88 Å². The van der Waals surface area contributed by atoms with Crippen LogP contribution in [-0.4, -0.2) is 17.4 Å². The molecule has 78 valence electrons. The molecule has 0 saturated heterocycles. The lowest BCUT2D eigenvalue weighted by Crippen LogP contribution is -1.99. The van der Waals surface area contributed by atoms with Crippen molar-refractivity contribution < 1.29 is 9.94 Å². The molecular formula is C10H15NO2S. The van der Waals surface area contributed by atoms with Gasteiger partial charge in [0, 0.05) is 0 Å². The first kappa shape index (κ1) is 11.0. The highest BCUT2D eigenvalue weighted by Crippen LogP contribution is 2.25. The second-order valence-electron chi connectivity index (χ2n) is 2.84. The number of hydrogen-bond acceptors (Lipinski definition) is 4. The lowest BCUT2D eigenvalue weighted by molar-refractivity contribution is 0.158. The first-order valence-electron chi connectivity index (χ1n) is 4.75. The average Bonchev–Trinajstić information content (AvgIpc) is 2.59. The molecule has 0 aliphatic carbocycles. The van der Waals surface area contributed by atoms with E-state index >= 15 is 0 Å². The van der Waals surface area contributed by atoms with Gasteiger partial charge in [-0.05, 0) is 24.8 Å². The Morgan fingerprint density at radius 3 is 2.86 bits per heavy atom. The molecule has 1 aromatic heterocycles. The molecule has 0 bridgehead atoms. The van der Waals surface area contributed by atoms with Gasteiger partial charge in [-0.25, -0.2) is 0 Å². The molecule has 3 nitrogen and oxygen atoms in total. The molecule has 0 aromatic carbocycles. The second kappa shape index (κ2) is 5.65. The zero-order valence-corrected chi connectivity index (χ0v) is 9.30. The van der Waals surface area contributed by atoms with Gasteiger partial charge in [-0.1, -0.05) is 18.5 Å². The summed E-state index contributed by atoms with van der Waals surface area (Å²) in [5, 5.41) is 15.4. The summed E-state index contributed by atoms with van der Waals surface area (Å²) in [6.07, 6.45) is 1.82. The fourth-order valence-corrected chi connectivity index (χ4v) is 1.90. The zero-order chi connectivity index (χ0) is 10.4. The summed E-state index contributed by atoms with van der Waals surface area (Å²) in [5.41, 5.74) is 0.835. The predicted octanol–water partition coefficient (Wildman–Crippen LogP) is 2.99. The van der Waals surface area contributed by atoms with Crippen molar-refractivity contribution in [1.82, 2.24) is 0 Å². The van der Waals surface area contributed by atoms with Crippen LogP contribution < -0.4 is 0 Å². The summed E-state index contributed by atoms with van der Waals surface area (Å²) in [4.78, 5) is 5.83. The van der Waals surface area contributed by atoms with E-state index in [1.54, 1.807) is 6.07 Å². The second-order valence-corrected chi connectivity index (χ2v) is 3.76. The molecule has 1 heterocycles. The van der Waals surface area contributed by atoms with Gasteiger partial charge in [-0.2, -0.15) is 0 Å². The Morgan fingerprint density at radius 2 is 2.36 bits per heavy atom. The Labute approximate surface area is 88.0 Å². The maximum Gasteiger partial charge on any atom is 0.135 e. The summed E-state index contributed by atoms with van der Waals surface area (Å²) >= 11 is 1.49. The molecule has 0 amide bonds. The topological polar surface area (TPSA) is 41.8 Å². The van der Waals surface area contributed by atoms with Crippen molar-refractivity contribution in [3.63, 3.8) is 0 Å². The molecule has 1 N–H and O–H groups in total. The molecule has 0 spiro atoms. The number of hydrogen-bond donors (Lipinski definition) is 1. The molecule has 4 heteroatoms. The van der Waals surface area contributed by atoms with Crippen molar-refractivity contribution in [2.45, 2.75) is 26.7 Å². The van der Waals surface area contributed by atoms with Crippen LogP contribution >= 0.6 is 11.3 Å². The third-order valence-corrected chi connectivity index (χ3v) is 2.65. The summed E-state index contributed by atoms with van der Waals surface area (Å²) < 4.78 is 0. The van der Waals surface area contributed by atoms with Gasteiger partial charge < -0.3 is 9.94 Å². The van der Waals surface area contributed by atoms with Crippen molar-refractivity contribution >= 4 is 17.0 Å². The molecule has 0 fully saturated rings. The van der Waals surface area contributed by atoms with Crippen LogP contribution in [0.3, 0.4) is 0 Å². The molecule has 1 aromatic rings. The maximum atomic E-state index is 9.52. The van der Waals surface area contributed by atoms with Crippen molar-refractivity contribution in [3.8, 4) is 5.75 Å². The fourth-order valence-electron chi connectivity index (χ4n) is 1.10. The lowest BCUT2D eigenvalue weighted by Gasteiger charge is -2.02. The highest BCUT2D eigenvalue weighted by atomic mass is 32.1. The van der Waals surface area contributed by atoms with Gasteiger partial charge in [0.25, 0.3) is 0 Å². The molecule has 1 rings (SSSR count). The quantitative estimate of drug-likeness (QED) is 0.603. The van der Waals surface area contributed by atoms with E-state index in [9.17, 15) is 5.11 Å². The summed E-state index contributed by atoms with van der Waals surface area (Å²) in [5.74, 6) is 0.293. The Balaban J connectivity index is 2.82. The summed E-state index contributed by atoms with van der Waals surface area (Å²) in [7, 11) is 0. The van der Waals surface area contributed by atoms with Gasteiger partial charge in [-0.15, -0.1) is 11.3 Å². The first-order chi connectivity index (χ1) is 6.79. The molecule has 0 unspecified atom stereocenters. The van der Waals surface area contributed by atoms with E-state index in [0.29, 0.717) is 12.4 Å². The smallest absolute Gasteiger partial charge is 0.135 e. The fraction of sp³-hybridized carbons (Fsp3) is 0.500. The van der Waals surface area contributed by atoms with Gasteiger partial charge in [0.1, 0.15) is 18.1 Å². The normalized spacial score (nSPS) is 11.7. The van der Waals surface area contributed by atoms with Gasteiger partial charge in [0.2, 0.25) is 0 Å². The van der Waals surface area contributed by atoms with E-state index in [-0.39, 0.29) is 0 Å². The monoisotopic (exact) mass is 213 g/mol. The van der Waals surface area contributed by atoms with Gasteiger partial charge in [0.15, 0.2) is 0 Å². The summed E-state index contributed by atoms with van der Waals surface area (Å²) in [6, 6.07) is 1.68. The lowest BCUT2D eigenvalue weighted by atomic mass is 10.2. The Hall–Kier alpha value is -1.03. The van der Waals surface area contributed by atoms with Crippen molar-refractivity contribution in [3.05, 3.63) is 16.3 Å². The number of nitrogens with zero attached hydrogens (tertiary/aromatic N) is 1. The maximum absolute atomic E-state index is 9.52. The SMILES string of the molecule is CCCC(=NOCC)c1sccc1O. The van der Waals surface area contributed by atoms with E-state index in [1.807, 2.05) is 12.3 Å². The molecule has 0 aliphatic rings. The van der Waals surface area contributed by atoms with Crippen molar-refractivity contribution in [2.24, 2.45) is 5.16 Å². The van der Waals surface area contributed by atoms with Crippen LogP contribution in [0.4, 0.5) is 0 Å². The van der Waals surface area contributed by atoms with Crippen LogP contribution in [0.15, 0.2) is 16.6 Å². The van der Waals surface area contributed by atoms with Crippen LogP contribution in [0.2, 0.25) is 0 Å². The van der Waals surface area contributed by atoms with Crippen molar-refractivity contribution in [1.29, 1.82) is 0 Å². The Kier molecular flexibility index (Phi) is 4.46. The first-order valence-corrected chi connectivity index (χ1v) is 5.63. The number of aromatic hydroxyl groups is 1. The van der Waals surface area contributed by atoms with E-state index < -0.39 is 0 Å². The third kappa shape index (κ3) is 2.73. The van der Waals surface area contributed by atoms with E-state index in [0.717, 1.165) is 23.4 Å². The van der Waals surface area contributed by atoms with E-state index in [1.165, 1.54) is 11.3 Å². The molecular weight excluding hydrogens is 198 g/mol. The standard InChI is InChI=1S/C10H15NO2S/c1-3-5-8(11-13-4-2)10-9(12)6-7-14-10/h6-7,12H,3-5H2,1-2H3. The van der Waals surface area contributed by atoms with Crippen LogP contribution in [0.1, 0.15) is 31.6 Å². The Morgan fingerprint density at radius 1 is 1.57 bits per heavy atom. The number of thiophene rings is 1. The third-order valence-electron chi connectivity index (χ3n) is 1.70. The van der Waals surface area contributed by atoms with Crippen molar-refractivity contribution in [2.75, 3.05) is 6.61 Å². The average molecular weight is 213 g/mol. The minimum absolute atomic E-state index is 0.293. The van der Waals surface area contributed by atoms with E-state index in [4.69, 9.17) is 4.84 Å². The Bertz CT molecular complexity index is 307. The molecule has 0 aliphatic heterocycles. The zero-order valence-electron chi connectivity index (χ0n) is 8.49. The highest BCUT2D eigenvalue weighted by molar-refractivity contribution is 7.12. The van der Waals surface area contributed by atoms with Crippen LogP contribution in [-0.2, 0) is 4.84 Å². The molecule has 0 atom stereocenters.